The monoisotopic (exact) mass is 500 g/mol. The van der Waals surface area contributed by atoms with Crippen LogP contribution in [0.4, 0.5) is 0 Å². The molecule has 6 heteroatoms. The lowest BCUT2D eigenvalue weighted by atomic mass is 9.86. The molecule has 0 aliphatic rings. The minimum Gasteiger partial charge on any atom is -0.508 e. The number of aryl methyl sites for hydroxylation is 2. The van der Waals surface area contributed by atoms with Gasteiger partial charge in [-0.1, -0.05) is 24.3 Å². The molecule has 0 bridgehead atoms. The fourth-order valence-corrected chi connectivity index (χ4v) is 4.88. The first kappa shape index (κ1) is 25.8. The maximum atomic E-state index is 10.9. The van der Waals surface area contributed by atoms with Gasteiger partial charge in [-0.15, -0.1) is 0 Å². The minimum absolute atomic E-state index is 0.0262. The number of rotatable bonds is 6. The maximum absolute atomic E-state index is 10.9. The van der Waals surface area contributed by atoms with Crippen LogP contribution in [0.2, 0.25) is 0 Å². The lowest BCUT2D eigenvalue weighted by Crippen LogP contribution is -2.04. The Morgan fingerprint density at radius 2 is 0.838 bits per heavy atom. The van der Waals surface area contributed by atoms with Crippen LogP contribution < -0.4 is 0 Å². The van der Waals surface area contributed by atoms with E-state index in [1.165, 1.54) is 24.3 Å². The van der Waals surface area contributed by atoms with Gasteiger partial charge in [-0.2, -0.15) is 0 Å². The molecule has 0 fully saturated rings. The van der Waals surface area contributed by atoms with Crippen molar-refractivity contribution in [3.63, 3.8) is 0 Å². The predicted octanol–water partition coefficient (Wildman–Crippen LogP) is 5.93. The third-order valence-electron chi connectivity index (χ3n) is 7.22. The van der Waals surface area contributed by atoms with Crippen molar-refractivity contribution in [2.75, 3.05) is 0 Å². The molecule has 0 aliphatic heterocycles. The Balaban J connectivity index is 1.74. The van der Waals surface area contributed by atoms with Crippen LogP contribution in [0.15, 0.2) is 48.5 Å². The maximum Gasteiger partial charge on any atom is 0.122 e. The highest BCUT2D eigenvalue weighted by atomic mass is 16.3. The van der Waals surface area contributed by atoms with Gasteiger partial charge >= 0.3 is 0 Å². The van der Waals surface area contributed by atoms with E-state index in [1.54, 1.807) is 12.1 Å². The Morgan fingerprint density at radius 1 is 0.459 bits per heavy atom. The normalized spacial score (nSPS) is 11.1. The summed E-state index contributed by atoms with van der Waals surface area (Å²) in [5.41, 5.74) is 7.87. The van der Waals surface area contributed by atoms with Crippen molar-refractivity contribution in [1.82, 2.24) is 0 Å². The van der Waals surface area contributed by atoms with Crippen LogP contribution in [0.5, 0.6) is 34.5 Å². The Kier molecular flexibility index (Phi) is 6.94. The Bertz CT molecular complexity index is 1390. The molecule has 6 N–H and O–H groups in total. The van der Waals surface area contributed by atoms with Crippen molar-refractivity contribution in [2.45, 2.75) is 47.0 Å². The van der Waals surface area contributed by atoms with Gasteiger partial charge in [0.15, 0.2) is 0 Å². The summed E-state index contributed by atoms with van der Waals surface area (Å²) in [4.78, 5) is 0. The fraction of sp³-hybridized carbons (Fsp3) is 0.226. The molecule has 4 aromatic rings. The lowest BCUT2D eigenvalue weighted by Gasteiger charge is -2.20. The lowest BCUT2D eigenvalue weighted by molar-refractivity contribution is 0.444. The molecule has 4 rings (SSSR count). The molecule has 192 valence electrons. The van der Waals surface area contributed by atoms with Crippen molar-refractivity contribution in [3.05, 3.63) is 104 Å². The van der Waals surface area contributed by atoms with Crippen LogP contribution in [0.3, 0.4) is 0 Å². The number of aromatic hydroxyl groups is 6. The van der Waals surface area contributed by atoms with E-state index in [2.05, 4.69) is 0 Å². The summed E-state index contributed by atoms with van der Waals surface area (Å²) in [6, 6.07) is 12.8. The molecule has 0 aromatic heterocycles. The standard InChI is InChI=1S/C31H32O6/c1-16-9-22(18(3)26(30(16)36)12-20-5-7-24(32)14-28(20)34)11-23-10-17(2)31(37)27(19(23)4)13-21-6-8-25(33)15-29(21)35/h5-10,14-15,32-37H,11-13H2,1-4H3. The third kappa shape index (κ3) is 5.14. The Morgan fingerprint density at radius 3 is 1.19 bits per heavy atom. The van der Waals surface area contributed by atoms with Crippen LogP contribution in [-0.4, -0.2) is 30.6 Å². The average Bonchev–Trinajstić information content (AvgIpc) is 2.83. The summed E-state index contributed by atoms with van der Waals surface area (Å²) in [7, 11) is 0. The molecule has 0 radical (unpaired) electrons. The third-order valence-corrected chi connectivity index (χ3v) is 7.22. The van der Waals surface area contributed by atoms with Gasteiger partial charge in [0.05, 0.1) is 0 Å². The number of hydrogen-bond donors (Lipinski definition) is 6. The van der Waals surface area contributed by atoms with Gasteiger partial charge in [0, 0.05) is 36.1 Å². The number of benzene rings is 4. The van der Waals surface area contributed by atoms with Crippen LogP contribution in [0, 0.1) is 27.7 Å². The van der Waals surface area contributed by atoms with Gasteiger partial charge in [0.2, 0.25) is 0 Å². The summed E-state index contributed by atoms with van der Waals surface area (Å²) >= 11 is 0. The van der Waals surface area contributed by atoms with E-state index in [1.807, 2.05) is 39.8 Å². The van der Waals surface area contributed by atoms with E-state index in [0.29, 0.717) is 41.5 Å². The smallest absolute Gasteiger partial charge is 0.122 e. The zero-order chi connectivity index (χ0) is 27.0. The van der Waals surface area contributed by atoms with E-state index in [9.17, 15) is 30.6 Å². The summed E-state index contributed by atoms with van der Waals surface area (Å²) in [5, 5.41) is 61.5. The number of phenols is 6. The predicted molar refractivity (Wildman–Crippen MR) is 143 cm³/mol. The molecule has 0 spiro atoms. The largest absolute Gasteiger partial charge is 0.508 e. The van der Waals surface area contributed by atoms with E-state index in [4.69, 9.17) is 0 Å². The second-order valence-electron chi connectivity index (χ2n) is 9.77. The molecule has 0 aliphatic carbocycles. The Hall–Kier alpha value is -4.32. The molecule has 0 heterocycles. The molecule has 0 saturated heterocycles. The van der Waals surface area contributed by atoms with Crippen LogP contribution >= 0.6 is 0 Å². The van der Waals surface area contributed by atoms with Crippen molar-refractivity contribution in [2.24, 2.45) is 0 Å². The highest BCUT2D eigenvalue weighted by Crippen LogP contribution is 2.37. The van der Waals surface area contributed by atoms with E-state index >= 15 is 0 Å². The highest BCUT2D eigenvalue weighted by molar-refractivity contribution is 5.57. The van der Waals surface area contributed by atoms with E-state index in [-0.39, 0.29) is 34.5 Å². The minimum atomic E-state index is -0.0333. The summed E-state index contributed by atoms with van der Waals surface area (Å²) in [6.07, 6.45) is 1.16. The second kappa shape index (κ2) is 9.97. The number of phenolic OH excluding ortho intramolecular Hbond substituents is 6. The van der Waals surface area contributed by atoms with Crippen molar-refractivity contribution < 1.29 is 30.6 Å². The van der Waals surface area contributed by atoms with Crippen LogP contribution in [-0.2, 0) is 19.3 Å². The van der Waals surface area contributed by atoms with E-state index < -0.39 is 0 Å². The van der Waals surface area contributed by atoms with Gasteiger partial charge in [-0.05, 0) is 90.8 Å². The van der Waals surface area contributed by atoms with Gasteiger partial charge < -0.3 is 30.6 Å². The zero-order valence-electron chi connectivity index (χ0n) is 21.4. The first-order valence-corrected chi connectivity index (χ1v) is 12.1. The van der Waals surface area contributed by atoms with Gasteiger partial charge in [0.25, 0.3) is 0 Å². The molecular formula is C31H32O6. The quantitative estimate of drug-likeness (QED) is 0.195. The van der Waals surface area contributed by atoms with E-state index in [0.717, 1.165) is 33.4 Å². The molecule has 0 amide bonds. The van der Waals surface area contributed by atoms with Gasteiger partial charge in [-0.3, -0.25) is 0 Å². The highest BCUT2D eigenvalue weighted by Gasteiger charge is 2.19. The van der Waals surface area contributed by atoms with Crippen LogP contribution in [0.25, 0.3) is 0 Å². The molecule has 4 aromatic carbocycles. The fourth-order valence-electron chi connectivity index (χ4n) is 4.88. The number of hydrogen-bond acceptors (Lipinski definition) is 6. The second-order valence-corrected chi connectivity index (χ2v) is 9.77. The van der Waals surface area contributed by atoms with Gasteiger partial charge in [0.1, 0.15) is 34.5 Å². The molecule has 6 nitrogen and oxygen atoms in total. The molecule has 37 heavy (non-hydrogen) atoms. The molecule has 0 saturated carbocycles. The van der Waals surface area contributed by atoms with Crippen LogP contribution in [0.1, 0.15) is 55.6 Å². The molecule has 0 unspecified atom stereocenters. The molecular weight excluding hydrogens is 468 g/mol. The SMILES string of the molecule is Cc1cc(Cc2cc(C)c(O)c(Cc3ccc(O)cc3O)c2C)c(C)c(Cc2ccc(O)cc2O)c1O. The Labute approximate surface area is 216 Å². The van der Waals surface area contributed by atoms with Gasteiger partial charge in [-0.25, -0.2) is 0 Å². The topological polar surface area (TPSA) is 121 Å². The molecule has 0 atom stereocenters. The summed E-state index contributed by atoms with van der Waals surface area (Å²) in [6.45, 7) is 7.57. The van der Waals surface area contributed by atoms with Crippen molar-refractivity contribution in [1.29, 1.82) is 0 Å². The first-order chi connectivity index (χ1) is 17.5. The first-order valence-electron chi connectivity index (χ1n) is 12.1. The van der Waals surface area contributed by atoms with Crippen molar-refractivity contribution >= 4 is 0 Å². The average molecular weight is 501 g/mol. The summed E-state index contributed by atoms with van der Waals surface area (Å²) in [5.74, 6) is 0.234. The van der Waals surface area contributed by atoms with Crippen molar-refractivity contribution in [3.8, 4) is 34.5 Å². The zero-order valence-corrected chi connectivity index (χ0v) is 21.4. The summed E-state index contributed by atoms with van der Waals surface area (Å²) < 4.78 is 0.